The van der Waals surface area contributed by atoms with E-state index in [0.29, 0.717) is 18.6 Å². The van der Waals surface area contributed by atoms with Gasteiger partial charge in [-0.3, -0.25) is 4.79 Å². The highest BCUT2D eigenvalue weighted by atomic mass is 19.1. The van der Waals surface area contributed by atoms with E-state index in [4.69, 9.17) is 10.5 Å². The number of ketones is 1. The molecule has 0 aliphatic rings. The highest BCUT2D eigenvalue weighted by molar-refractivity contribution is 5.99. The Bertz CT molecular complexity index is 337. The van der Waals surface area contributed by atoms with Crippen molar-refractivity contribution in [2.75, 3.05) is 13.7 Å². The lowest BCUT2D eigenvalue weighted by Gasteiger charge is -2.09. The van der Waals surface area contributed by atoms with Gasteiger partial charge >= 0.3 is 0 Å². The Hall–Kier alpha value is -1.26. The van der Waals surface area contributed by atoms with Gasteiger partial charge in [0.1, 0.15) is 5.82 Å². The van der Waals surface area contributed by atoms with Crippen molar-refractivity contribution >= 4 is 5.78 Å². The van der Waals surface area contributed by atoms with Crippen LogP contribution >= 0.6 is 0 Å². The fraction of sp³-hybridized carbons (Fsp3) is 0.417. The molecule has 0 radical (unpaired) electrons. The molecule has 1 aromatic carbocycles. The number of hydrogen-bond acceptors (Lipinski definition) is 3. The number of carbonyl (C=O) groups excluding carboxylic acids is 1. The predicted molar refractivity (Wildman–Crippen MR) is 59.8 cm³/mol. The molecule has 0 aliphatic heterocycles. The number of carbonyl (C=O) groups is 1. The summed E-state index contributed by atoms with van der Waals surface area (Å²) >= 11 is 0. The molecule has 88 valence electrons. The Morgan fingerprint density at radius 1 is 1.44 bits per heavy atom. The summed E-state index contributed by atoms with van der Waals surface area (Å²) in [7, 11) is 1.60. The SMILES string of the molecule is COCCCC(N)C(=O)c1ccc(F)cc1. The molecule has 0 spiro atoms. The minimum Gasteiger partial charge on any atom is -0.385 e. The summed E-state index contributed by atoms with van der Waals surface area (Å²) in [4.78, 5) is 11.8. The third-order valence-corrected chi connectivity index (χ3v) is 2.33. The summed E-state index contributed by atoms with van der Waals surface area (Å²) in [6, 6.07) is 4.88. The van der Waals surface area contributed by atoms with Crippen LogP contribution in [-0.2, 0) is 4.74 Å². The number of ether oxygens (including phenoxy) is 1. The largest absolute Gasteiger partial charge is 0.385 e. The van der Waals surface area contributed by atoms with Crippen molar-refractivity contribution < 1.29 is 13.9 Å². The molecule has 4 heteroatoms. The van der Waals surface area contributed by atoms with Crippen LogP contribution in [0.2, 0.25) is 0 Å². The van der Waals surface area contributed by atoms with Gasteiger partial charge in [0.15, 0.2) is 5.78 Å². The third kappa shape index (κ3) is 3.72. The Morgan fingerprint density at radius 2 is 2.06 bits per heavy atom. The first-order valence-corrected chi connectivity index (χ1v) is 5.19. The van der Waals surface area contributed by atoms with E-state index in [9.17, 15) is 9.18 Å². The van der Waals surface area contributed by atoms with E-state index in [0.717, 1.165) is 6.42 Å². The zero-order valence-electron chi connectivity index (χ0n) is 9.28. The van der Waals surface area contributed by atoms with Crippen molar-refractivity contribution in [3.63, 3.8) is 0 Å². The van der Waals surface area contributed by atoms with Gasteiger partial charge in [-0.25, -0.2) is 4.39 Å². The maximum atomic E-state index is 12.6. The summed E-state index contributed by atoms with van der Waals surface area (Å²) < 4.78 is 17.5. The molecule has 1 aromatic rings. The normalized spacial score (nSPS) is 12.4. The minimum absolute atomic E-state index is 0.156. The first-order valence-electron chi connectivity index (χ1n) is 5.19. The maximum absolute atomic E-state index is 12.6. The second-order valence-electron chi connectivity index (χ2n) is 3.61. The molecule has 0 aliphatic carbocycles. The number of rotatable bonds is 6. The minimum atomic E-state index is -0.541. The quantitative estimate of drug-likeness (QED) is 0.593. The van der Waals surface area contributed by atoms with Crippen molar-refractivity contribution in [1.29, 1.82) is 0 Å². The lowest BCUT2D eigenvalue weighted by Crippen LogP contribution is -2.30. The monoisotopic (exact) mass is 225 g/mol. The van der Waals surface area contributed by atoms with Crippen LogP contribution < -0.4 is 5.73 Å². The van der Waals surface area contributed by atoms with Crippen molar-refractivity contribution in [2.45, 2.75) is 18.9 Å². The van der Waals surface area contributed by atoms with Crippen LogP contribution in [0.25, 0.3) is 0 Å². The molecule has 0 saturated heterocycles. The van der Waals surface area contributed by atoms with Crippen molar-refractivity contribution in [1.82, 2.24) is 0 Å². The van der Waals surface area contributed by atoms with Gasteiger partial charge in [0.2, 0.25) is 0 Å². The Morgan fingerprint density at radius 3 is 2.62 bits per heavy atom. The molecular weight excluding hydrogens is 209 g/mol. The molecule has 0 amide bonds. The van der Waals surface area contributed by atoms with E-state index < -0.39 is 6.04 Å². The van der Waals surface area contributed by atoms with E-state index >= 15 is 0 Å². The van der Waals surface area contributed by atoms with Gasteiger partial charge in [-0.05, 0) is 37.1 Å². The number of methoxy groups -OCH3 is 1. The third-order valence-electron chi connectivity index (χ3n) is 2.33. The van der Waals surface area contributed by atoms with Gasteiger partial charge in [0.05, 0.1) is 6.04 Å². The van der Waals surface area contributed by atoms with Crippen LogP contribution in [0.5, 0.6) is 0 Å². The highest BCUT2D eigenvalue weighted by Gasteiger charge is 2.14. The summed E-state index contributed by atoms with van der Waals surface area (Å²) in [5, 5.41) is 0. The van der Waals surface area contributed by atoms with Gasteiger partial charge in [-0.1, -0.05) is 0 Å². The van der Waals surface area contributed by atoms with Crippen LogP contribution in [0, 0.1) is 5.82 Å². The summed E-state index contributed by atoms with van der Waals surface area (Å²) in [6.45, 7) is 0.588. The van der Waals surface area contributed by atoms with Gasteiger partial charge in [0, 0.05) is 19.3 Å². The standard InChI is InChI=1S/C12H16FNO2/c1-16-8-2-3-11(14)12(15)9-4-6-10(13)7-5-9/h4-7,11H,2-3,8,14H2,1H3. The summed E-state index contributed by atoms with van der Waals surface area (Å²) in [6.07, 6.45) is 1.31. The van der Waals surface area contributed by atoms with Gasteiger partial charge in [-0.15, -0.1) is 0 Å². The Balaban J connectivity index is 2.53. The van der Waals surface area contributed by atoms with Crippen LogP contribution in [0.15, 0.2) is 24.3 Å². The van der Waals surface area contributed by atoms with E-state index in [2.05, 4.69) is 0 Å². The summed E-state index contributed by atoms with van der Waals surface area (Å²) in [5.74, 6) is -0.513. The zero-order chi connectivity index (χ0) is 12.0. The van der Waals surface area contributed by atoms with Crippen molar-refractivity contribution in [3.8, 4) is 0 Å². The molecular formula is C12H16FNO2. The number of hydrogen-bond donors (Lipinski definition) is 1. The van der Waals surface area contributed by atoms with Crippen molar-refractivity contribution in [2.24, 2.45) is 5.73 Å². The van der Waals surface area contributed by atoms with E-state index in [1.54, 1.807) is 7.11 Å². The molecule has 0 fully saturated rings. The van der Waals surface area contributed by atoms with Crippen LogP contribution in [-0.4, -0.2) is 25.5 Å². The zero-order valence-corrected chi connectivity index (χ0v) is 9.28. The number of benzene rings is 1. The predicted octanol–water partition coefficient (Wildman–Crippen LogP) is 1.76. The lowest BCUT2D eigenvalue weighted by molar-refractivity contribution is 0.0950. The van der Waals surface area contributed by atoms with Crippen LogP contribution in [0.1, 0.15) is 23.2 Å². The second-order valence-corrected chi connectivity index (χ2v) is 3.61. The molecule has 0 heterocycles. The fourth-order valence-electron chi connectivity index (χ4n) is 1.41. The molecule has 0 aromatic heterocycles. The average Bonchev–Trinajstić information content (AvgIpc) is 2.29. The van der Waals surface area contributed by atoms with Crippen molar-refractivity contribution in [3.05, 3.63) is 35.6 Å². The maximum Gasteiger partial charge on any atom is 0.179 e. The molecule has 1 atom stereocenters. The molecule has 1 unspecified atom stereocenters. The first-order chi connectivity index (χ1) is 7.65. The molecule has 1 rings (SSSR count). The topological polar surface area (TPSA) is 52.3 Å². The second kappa shape index (κ2) is 6.35. The van der Waals surface area contributed by atoms with E-state index in [1.807, 2.05) is 0 Å². The molecule has 16 heavy (non-hydrogen) atoms. The van der Waals surface area contributed by atoms with Crippen LogP contribution in [0.3, 0.4) is 0 Å². The molecule has 0 bridgehead atoms. The number of nitrogens with two attached hydrogens (primary N) is 1. The molecule has 2 N–H and O–H groups in total. The summed E-state index contributed by atoms with van der Waals surface area (Å²) in [5.41, 5.74) is 6.18. The first kappa shape index (κ1) is 12.8. The number of halogens is 1. The fourth-order valence-corrected chi connectivity index (χ4v) is 1.41. The Kier molecular flexibility index (Phi) is 5.08. The van der Waals surface area contributed by atoms with Gasteiger partial charge in [-0.2, -0.15) is 0 Å². The molecule has 3 nitrogen and oxygen atoms in total. The van der Waals surface area contributed by atoms with Gasteiger partial charge in [0.25, 0.3) is 0 Å². The number of Topliss-reactive ketones (excluding diaryl/α,β-unsaturated/α-hetero) is 1. The Labute approximate surface area is 94.4 Å². The van der Waals surface area contributed by atoms with E-state index in [-0.39, 0.29) is 11.6 Å². The highest BCUT2D eigenvalue weighted by Crippen LogP contribution is 2.08. The lowest BCUT2D eigenvalue weighted by atomic mass is 10.0. The average molecular weight is 225 g/mol. The smallest absolute Gasteiger partial charge is 0.179 e. The van der Waals surface area contributed by atoms with Gasteiger partial charge < -0.3 is 10.5 Å². The molecule has 0 saturated carbocycles. The van der Waals surface area contributed by atoms with Crippen LogP contribution in [0.4, 0.5) is 4.39 Å². The van der Waals surface area contributed by atoms with E-state index in [1.165, 1.54) is 24.3 Å².